The average molecular weight is 507 g/mol. The van der Waals surface area contributed by atoms with E-state index in [4.69, 9.17) is 15.1 Å². The normalized spacial score (nSPS) is 12.5. The molecule has 2 rings (SSSR count). The van der Waals surface area contributed by atoms with Crippen molar-refractivity contribution in [1.82, 2.24) is 10.5 Å². The van der Waals surface area contributed by atoms with Gasteiger partial charge >= 0.3 is 159 Å². The Labute approximate surface area is 158 Å². The number of aromatic nitrogens is 1. The molecule has 0 aliphatic carbocycles. The predicted octanol–water partition coefficient (Wildman–Crippen LogP) is -0.505. The SMILES string of the molecule is O=C(NOC[C@@H](O)CO)c1ccncc1[As]c1ccc(I)cc1F. The number of aliphatic hydroxyl groups excluding tert-OH is 2. The molecule has 0 saturated carbocycles. The standard InChI is InChI=1S/C15H14AsFIN2O4/c17-14-5-9(18)1-2-12(14)16-13-6-19-4-3-11(13)15(23)20-24-8-10(22)7-21/h1-6,10,21-22H,7-8H2,(H,20,23)/t10-/m0/s1. The minimum atomic E-state index is -1.07. The second-order valence-electron chi connectivity index (χ2n) is 4.68. The summed E-state index contributed by atoms with van der Waals surface area (Å²) in [5, 5.41) is 17.9. The number of aliphatic hydroxyl groups is 2. The van der Waals surface area contributed by atoms with Gasteiger partial charge in [-0.05, 0) is 0 Å². The number of rotatable bonds is 7. The molecule has 0 fully saturated rings. The quantitative estimate of drug-likeness (QED) is 0.267. The van der Waals surface area contributed by atoms with E-state index in [1.165, 1.54) is 24.5 Å². The van der Waals surface area contributed by atoms with Crippen LogP contribution < -0.4 is 14.2 Å². The van der Waals surface area contributed by atoms with E-state index in [0.29, 0.717) is 14.3 Å². The number of halogens is 2. The summed E-state index contributed by atoms with van der Waals surface area (Å²) in [6.07, 6.45) is 1.93. The monoisotopic (exact) mass is 507 g/mol. The number of amides is 1. The molecule has 9 heteroatoms. The number of carbonyl (C=O) groups excluding carboxylic acids is 1. The van der Waals surface area contributed by atoms with Crippen molar-refractivity contribution >= 4 is 53.0 Å². The molecule has 1 amide bonds. The van der Waals surface area contributed by atoms with Crippen LogP contribution in [0.2, 0.25) is 0 Å². The Kier molecular flexibility index (Phi) is 7.57. The molecular weight excluding hydrogens is 493 g/mol. The third-order valence-corrected chi connectivity index (χ3v) is 6.04. The van der Waals surface area contributed by atoms with Crippen molar-refractivity contribution in [3.63, 3.8) is 0 Å². The molecule has 0 bridgehead atoms. The summed E-state index contributed by atoms with van der Waals surface area (Å²) in [7, 11) is 0. The Hall–Kier alpha value is -1.06. The molecule has 2 aromatic rings. The van der Waals surface area contributed by atoms with Crippen LogP contribution in [0.3, 0.4) is 0 Å². The fourth-order valence-corrected chi connectivity index (χ4v) is 4.23. The van der Waals surface area contributed by atoms with Crippen LogP contribution in [-0.4, -0.2) is 56.2 Å². The fraction of sp³-hybridized carbons (Fsp3) is 0.200. The molecule has 0 aliphatic heterocycles. The van der Waals surface area contributed by atoms with E-state index in [1.54, 1.807) is 6.07 Å². The maximum absolute atomic E-state index is 14.0. The zero-order valence-corrected chi connectivity index (χ0v) is 16.4. The summed E-state index contributed by atoms with van der Waals surface area (Å²) in [5.41, 5.74) is 2.53. The van der Waals surface area contributed by atoms with Crippen molar-refractivity contribution in [3.8, 4) is 0 Å². The number of hydroxylamine groups is 1. The van der Waals surface area contributed by atoms with Crippen LogP contribution in [0.15, 0.2) is 36.7 Å². The molecule has 24 heavy (non-hydrogen) atoms. The zero-order valence-electron chi connectivity index (χ0n) is 12.3. The molecule has 1 atom stereocenters. The summed E-state index contributed by atoms with van der Waals surface area (Å²) in [6, 6.07) is 6.49. The number of nitrogens with one attached hydrogen (secondary N) is 1. The number of benzene rings is 1. The van der Waals surface area contributed by atoms with Gasteiger partial charge in [0.25, 0.3) is 0 Å². The number of hydrogen-bond acceptors (Lipinski definition) is 5. The van der Waals surface area contributed by atoms with Crippen LogP contribution in [0, 0.1) is 9.39 Å². The van der Waals surface area contributed by atoms with Crippen molar-refractivity contribution in [2.24, 2.45) is 0 Å². The Balaban J connectivity index is 2.10. The molecule has 1 radical (unpaired) electrons. The summed E-state index contributed by atoms with van der Waals surface area (Å²) >= 11 is 1.26. The van der Waals surface area contributed by atoms with Gasteiger partial charge < -0.3 is 0 Å². The summed E-state index contributed by atoms with van der Waals surface area (Å²) in [6.45, 7) is -0.699. The average Bonchev–Trinajstić information content (AvgIpc) is 2.57. The van der Waals surface area contributed by atoms with E-state index in [2.05, 4.69) is 10.5 Å². The Morgan fingerprint density at radius 1 is 1.42 bits per heavy atom. The van der Waals surface area contributed by atoms with Crippen molar-refractivity contribution in [1.29, 1.82) is 0 Å². The fourth-order valence-electron chi connectivity index (χ4n) is 1.68. The first kappa shape index (κ1) is 19.3. The van der Waals surface area contributed by atoms with Crippen molar-refractivity contribution < 1.29 is 24.2 Å². The minimum absolute atomic E-state index is 0.234. The van der Waals surface area contributed by atoms with Gasteiger partial charge in [-0.1, -0.05) is 0 Å². The summed E-state index contributed by atoms with van der Waals surface area (Å²) < 4.78 is 16.0. The van der Waals surface area contributed by atoms with Crippen LogP contribution in [-0.2, 0) is 4.84 Å². The maximum atomic E-state index is 14.0. The van der Waals surface area contributed by atoms with Crippen LogP contribution in [0.25, 0.3) is 0 Å². The molecule has 0 unspecified atom stereocenters. The topological polar surface area (TPSA) is 91.7 Å². The van der Waals surface area contributed by atoms with Gasteiger partial charge in [-0.3, -0.25) is 0 Å². The number of hydrogen-bond donors (Lipinski definition) is 3. The van der Waals surface area contributed by atoms with E-state index in [-0.39, 0.29) is 12.4 Å². The molecule has 6 nitrogen and oxygen atoms in total. The molecule has 1 aromatic heterocycles. The van der Waals surface area contributed by atoms with Crippen molar-refractivity contribution in [2.45, 2.75) is 6.10 Å². The van der Waals surface area contributed by atoms with E-state index >= 15 is 0 Å². The molecule has 1 aromatic carbocycles. The first-order chi connectivity index (χ1) is 11.5. The number of carbonyl (C=O) groups is 1. The van der Waals surface area contributed by atoms with Crippen LogP contribution in [0.1, 0.15) is 10.4 Å². The predicted molar refractivity (Wildman–Crippen MR) is 94.9 cm³/mol. The molecule has 127 valence electrons. The molecule has 1 heterocycles. The molecule has 0 saturated heterocycles. The van der Waals surface area contributed by atoms with E-state index in [1.807, 2.05) is 28.7 Å². The molecule has 0 aliphatic rings. The first-order valence-corrected chi connectivity index (χ1v) is 9.78. The van der Waals surface area contributed by atoms with Gasteiger partial charge in [-0.25, -0.2) is 0 Å². The van der Waals surface area contributed by atoms with Gasteiger partial charge in [0.05, 0.1) is 0 Å². The Morgan fingerprint density at radius 2 is 2.21 bits per heavy atom. The number of nitrogens with zero attached hydrogens (tertiary/aromatic N) is 1. The summed E-state index contributed by atoms with van der Waals surface area (Å²) in [4.78, 5) is 21.0. The van der Waals surface area contributed by atoms with Gasteiger partial charge in [0.15, 0.2) is 0 Å². The second kappa shape index (κ2) is 9.43. The number of pyridine rings is 1. The van der Waals surface area contributed by atoms with Crippen molar-refractivity contribution in [3.05, 3.63) is 51.6 Å². The van der Waals surface area contributed by atoms with E-state index in [9.17, 15) is 9.18 Å². The van der Waals surface area contributed by atoms with Gasteiger partial charge in [-0.2, -0.15) is 0 Å². The molecule has 0 spiro atoms. The third kappa shape index (κ3) is 5.49. The van der Waals surface area contributed by atoms with Crippen molar-refractivity contribution in [2.75, 3.05) is 13.2 Å². The van der Waals surface area contributed by atoms with Crippen LogP contribution in [0.4, 0.5) is 4.39 Å². The van der Waals surface area contributed by atoms with Gasteiger partial charge in [0.2, 0.25) is 0 Å². The second-order valence-corrected chi connectivity index (χ2v) is 8.42. The molecule has 3 N–H and O–H groups in total. The van der Waals surface area contributed by atoms with Crippen LogP contribution in [0.5, 0.6) is 0 Å². The first-order valence-electron chi connectivity index (χ1n) is 6.83. The Morgan fingerprint density at radius 3 is 2.92 bits per heavy atom. The van der Waals surface area contributed by atoms with Gasteiger partial charge in [0.1, 0.15) is 0 Å². The Bertz CT molecular complexity index is 720. The van der Waals surface area contributed by atoms with Gasteiger partial charge in [-0.15, -0.1) is 0 Å². The zero-order chi connectivity index (χ0) is 17.5. The molecular formula is C15H14AsFIN2O4. The van der Waals surface area contributed by atoms with E-state index in [0.717, 1.165) is 3.57 Å². The third-order valence-electron chi connectivity index (χ3n) is 2.85. The van der Waals surface area contributed by atoms with Gasteiger partial charge in [0, 0.05) is 0 Å². The van der Waals surface area contributed by atoms with E-state index < -0.39 is 34.4 Å². The van der Waals surface area contributed by atoms with Crippen LogP contribution >= 0.6 is 22.6 Å². The summed E-state index contributed by atoms with van der Waals surface area (Å²) in [5.74, 6) is -0.821.